The van der Waals surface area contributed by atoms with E-state index in [1.54, 1.807) is 12.1 Å². The highest BCUT2D eigenvalue weighted by molar-refractivity contribution is 5.94. The van der Waals surface area contributed by atoms with Crippen LogP contribution >= 0.6 is 0 Å². The number of hydrogen-bond acceptors (Lipinski definition) is 6. The maximum absolute atomic E-state index is 12.4. The van der Waals surface area contributed by atoms with Crippen molar-refractivity contribution in [3.63, 3.8) is 0 Å². The van der Waals surface area contributed by atoms with E-state index in [1.807, 2.05) is 17.0 Å². The number of hydrogen-bond donors (Lipinski definition) is 0. The van der Waals surface area contributed by atoms with Gasteiger partial charge in [-0.2, -0.15) is 4.98 Å². The van der Waals surface area contributed by atoms with E-state index in [-0.39, 0.29) is 11.8 Å². The summed E-state index contributed by atoms with van der Waals surface area (Å²) < 4.78 is 16.0. The summed E-state index contributed by atoms with van der Waals surface area (Å²) in [5.41, 5.74) is 1.47. The van der Waals surface area contributed by atoms with Crippen molar-refractivity contribution >= 4 is 5.91 Å². The molecule has 1 atom stereocenters. The summed E-state index contributed by atoms with van der Waals surface area (Å²) in [4.78, 5) is 18.7. The third-order valence-corrected chi connectivity index (χ3v) is 4.41. The molecule has 1 unspecified atom stereocenters. The van der Waals surface area contributed by atoms with Crippen LogP contribution in [0.4, 0.5) is 0 Å². The summed E-state index contributed by atoms with van der Waals surface area (Å²) in [7, 11) is 0. The van der Waals surface area contributed by atoms with Gasteiger partial charge in [0.1, 0.15) is 0 Å². The molecule has 7 heteroatoms. The van der Waals surface area contributed by atoms with E-state index in [4.69, 9.17) is 14.0 Å². The SMILES string of the molecule is O=C(c1ccc(-c2nc(C3CCOC3)no2)cc1)N1CCOCC1. The molecule has 3 heterocycles. The number of benzene rings is 1. The van der Waals surface area contributed by atoms with Crippen LogP contribution in [-0.2, 0) is 9.47 Å². The lowest BCUT2D eigenvalue weighted by Crippen LogP contribution is -2.40. The molecular formula is C17H19N3O4. The van der Waals surface area contributed by atoms with Crippen LogP contribution in [0.5, 0.6) is 0 Å². The first kappa shape index (κ1) is 15.3. The van der Waals surface area contributed by atoms with Gasteiger partial charge in [0.05, 0.1) is 19.8 Å². The standard InChI is InChI=1S/C17H19N3O4/c21-17(20-6-9-22-10-7-20)13-3-1-12(2-4-13)16-18-15(19-24-16)14-5-8-23-11-14/h1-4,14H,5-11H2. The van der Waals surface area contributed by atoms with Gasteiger partial charge in [-0.15, -0.1) is 0 Å². The molecule has 1 aromatic carbocycles. The van der Waals surface area contributed by atoms with Crippen LogP contribution < -0.4 is 0 Å². The number of aromatic nitrogens is 2. The molecule has 0 aliphatic carbocycles. The first-order valence-corrected chi connectivity index (χ1v) is 8.20. The second-order valence-corrected chi connectivity index (χ2v) is 6.00. The summed E-state index contributed by atoms with van der Waals surface area (Å²) in [6.45, 7) is 3.85. The molecule has 2 fully saturated rings. The molecule has 1 amide bonds. The van der Waals surface area contributed by atoms with Crippen molar-refractivity contribution in [3.05, 3.63) is 35.7 Å². The third kappa shape index (κ3) is 3.05. The van der Waals surface area contributed by atoms with Crippen molar-refractivity contribution in [1.29, 1.82) is 0 Å². The number of carbonyl (C=O) groups is 1. The normalized spacial score (nSPS) is 21.2. The summed E-state index contributed by atoms with van der Waals surface area (Å²) in [6, 6.07) is 7.29. The molecule has 2 aliphatic heterocycles. The van der Waals surface area contributed by atoms with Gasteiger partial charge < -0.3 is 18.9 Å². The van der Waals surface area contributed by atoms with Crippen molar-refractivity contribution in [2.24, 2.45) is 0 Å². The lowest BCUT2D eigenvalue weighted by atomic mass is 10.1. The Labute approximate surface area is 139 Å². The van der Waals surface area contributed by atoms with Crippen molar-refractivity contribution in [2.45, 2.75) is 12.3 Å². The van der Waals surface area contributed by atoms with Crippen molar-refractivity contribution in [3.8, 4) is 11.5 Å². The predicted molar refractivity (Wildman–Crippen MR) is 84.6 cm³/mol. The number of amides is 1. The molecule has 0 radical (unpaired) electrons. The maximum Gasteiger partial charge on any atom is 0.257 e. The largest absolute Gasteiger partial charge is 0.381 e. The van der Waals surface area contributed by atoms with Crippen LogP contribution in [-0.4, -0.2) is 60.5 Å². The number of morpholine rings is 1. The van der Waals surface area contributed by atoms with E-state index in [1.165, 1.54) is 0 Å². The average Bonchev–Trinajstić information content (AvgIpc) is 3.33. The van der Waals surface area contributed by atoms with Crippen molar-refractivity contribution in [2.75, 3.05) is 39.5 Å². The molecule has 24 heavy (non-hydrogen) atoms. The van der Waals surface area contributed by atoms with Crippen LogP contribution in [0.15, 0.2) is 28.8 Å². The summed E-state index contributed by atoms with van der Waals surface area (Å²) in [5, 5.41) is 4.05. The van der Waals surface area contributed by atoms with Gasteiger partial charge in [-0.25, -0.2) is 0 Å². The van der Waals surface area contributed by atoms with Gasteiger partial charge in [-0.1, -0.05) is 5.16 Å². The summed E-state index contributed by atoms with van der Waals surface area (Å²) in [5.74, 6) is 1.40. The summed E-state index contributed by atoms with van der Waals surface area (Å²) >= 11 is 0. The van der Waals surface area contributed by atoms with Crippen molar-refractivity contribution in [1.82, 2.24) is 15.0 Å². The number of rotatable bonds is 3. The zero-order valence-corrected chi connectivity index (χ0v) is 13.3. The minimum atomic E-state index is 0.0270. The lowest BCUT2D eigenvalue weighted by Gasteiger charge is -2.26. The van der Waals surface area contributed by atoms with E-state index in [9.17, 15) is 4.79 Å². The molecule has 2 saturated heterocycles. The molecule has 2 aliphatic rings. The first-order valence-electron chi connectivity index (χ1n) is 8.20. The second-order valence-electron chi connectivity index (χ2n) is 6.00. The molecule has 0 N–H and O–H groups in total. The predicted octanol–water partition coefficient (Wildman–Crippen LogP) is 1.71. The fraction of sp³-hybridized carbons (Fsp3) is 0.471. The fourth-order valence-corrected chi connectivity index (χ4v) is 2.96. The number of nitrogens with zero attached hydrogens (tertiary/aromatic N) is 3. The topological polar surface area (TPSA) is 77.7 Å². The van der Waals surface area contributed by atoms with Crippen LogP contribution in [0.2, 0.25) is 0 Å². The van der Waals surface area contributed by atoms with Gasteiger partial charge in [-0.05, 0) is 30.7 Å². The van der Waals surface area contributed by atoms with Crippen LogP contribution in [0.25, 0.3) is 11.5 Å². The highest BCUT2D eigenvalue weighted by Gasteiger charge is 2.24. The van der Waals surface area contributed by atoms with Gasteiger partial charge in [0.2, 0.25) is 0 Å². The Morgan fingerprint density at radius 3 is 2.58 bits per heavy atom. The van der Waals surface area contributed by atoms with Crippen LogP contribution in [0, 0.1) is 0 Å². The minimum Gasteiger partial charge on any atom is -0.381 e. The van der Waals surface area contributed by atoms with E-state index < -0.39 is 0 Å². The van der Waals surface area contributed by atoms with Crippen LogP contribution in [0.1, 0.15) is 28.5 Å². The zero-order chi connectivity index (χ0) is 16.4. The molecule has 2 aromatic rings. The van der Waals surface area contributed by atoms with Gasteiger partial charge in [0.15, 0.2) is 5.82 Å². The monoisotopic (exact) mass is 329 g/mol. The Hall–Kier alpha value is -2.25. The molecule has 0 saturated carbocycles. The summed E-state index contributed by atoms with van der Waals surface area (Å²) in [6.07, 6.45) is 0.923. The molecular weight excluding hydrogens is 310 g/mol. The molecule has 1 aromatic heterocycles. The van der Waals surface area contributed by atoms with Gasteiger partial charge in [-0.3, -0.25) is 4.79 Å². The molecule has 0 bridgehead atoms. The maximum atomic E-state index is 12.4. The Morgan fingerprint density at radius 1 is 1.08 bits per heavy atom. The molecule has 126 valence electrons. The first-order chi connectivity index (χ1) is 11.8. The average molecular weight is 329 g/mol. The van der Waals surface area contributed by atoms with E-state index in [0.29, 0.717) is 50.2 Å². The molecule has 7 nitrogen and oxygen atoms in total. The third-order valence-electron chi connectivity index (χ3n) is 4.41. The lowest BCUT2D eigenvalue weighted by molar-refractivity contribution is 0.0303. The Bertz CT molecular complexity index is 701. The zero-order valence-electron chi connectivity index (χ0n) is 13.3. The fourth-order valence-electron chi connectivity index (χ4n) is 2.96. The minimum absolute atomic E-state index is 0.0270. The number of carbonyl (C=O) groups excluding carboxylic acids is 1. The molecule has 4 rings (SSSR count). The van der Waals surface area contributed by atoms with Gasteiger partial charge >= 0.3 is 0 Å². The second kappa shape index (κ2) is 6.70. The highest BCUT2D eigenvalue weighted by atomic mass is 16.5. The van der Waals surface area contributed by atoms with E-state index in [2.05, 4.69) is 10.1 Å². The quantitative estimate of drug-likeness (QED) is 0.853. The van der Waals surface area contributed by atoms with E-state index >= 15 is 0 Å². The molecule has 0 spiro atoms. The highest BCUT2D eigenvalue weighted by Crippen LogP contribution is 2.25. The van der Waals surface area contributed by atoms with Gasteiger partial charge in [0.25, 0.3) is 11.8 Å². The Balaban J connectivity index is 1.48. The number of ether oxygens (including phenoxy) is 2. The van der Waals surface area contributed by atoms with Crippen LogP contribution in [0.3, 0.4) is 0 Å². The Kier molecular flexibility index (Phi) is 4.27. The van der Waals surface area contributed by atoms with Gasteiger partial charge in [0, 0.05) is 36.7 Å². The van der Waals surface area contributed by atoms with Crippen molar-refractivity contribution < 1.29 is 18.8 Å². The smallest absolute Gasteiger partial charge is 0.257 e. The van der Waals surface area contributed by atoms with E-state index in [0.717, 1.165) is 18.6 Å². The Morgan fingerprint density at radius 2 is 1.88 bits per heavy atom.